The van der Waals surface area contributed by atoms with E-state index in [0.717, 1.165) is 38.5 Å². The van der Waals surface area contributed by atoms with Gasteiger partial charge in [-0.1, -0.05) is 148 Å². The van der Waals surface area contributed by atoms with E-state index in [1.54, 1.807) is 0 Å². The Morgan fingerprint density at radius 2 is 0.800 bits per heavy atom. The van der Waals surface area contributed by atoms with Crippen molar-refractivity contribution >= 4 is 0 Å². The standard InChI is InChI=1S/C31H64O4/c1-2-3-4-5-6-7-8-9-10-11-12-13-14-15-16-17-18-19-20-22-25-30(33)26-23-21-24-27-35-29-31(34)28-32/h30-34H,2-29H2,1H3. The Bertz CT molecular complexity index is 377. The molecular weight excluding hydrogens is 436 g/mol. The number of hydrogen-bond donors (Lipinski definition) is 3. The molecule has 212 valence electrons. The summed E-state index contributed by atoms with van der Waals surface area (Å²) in [5, 5.41) is 28.0. The number of ether oxygens (including phenoxy) is 1. The van der Waals surface area contributed by atoms with Crippen LogP contribution in [-0.4, -0.2) is 47.3 Å². The predicted molar refractivity (Wildman–Crippen MR) is 151 cm³/mol. The van der Waals surface area contributed by atoms with Crippen molar-refractivity contribution in [1.82, 2.24) is 0 Å². The molecule has 0 radical (unpaired) electrons. The van der Waals surface area contributed by atoms with Gasteiger partial charge in [-0.15, -0.1) is 0 Å². The van der Waals surface area contributed by atoms with Gasteiger partial charge < -0.3 is 20.1 Å². The van der Waals surface area contributed by atoms with Gasteiger partial charge in [0, 0.05) is 6.61 Å². The highest BCUT2D eigenvalue weighted by Gasteiger charge is 2.05. The Hall–Kier alpha value is -0.160. The van der Waals surface area contributed by atoms with E-state index < -0.39 is 6.10 Å². The Labute approximate surface area is 219 Å². The molecule has 0 heterocycles. The highest BCUT2D eigenvalue weighted by Crippen LogP contribution is 2.16. The van der Waals surface area contributed by atoms with Crippen LogP contribution in [0.3, 0.4) is 0 Å². The van der Waals surface area contributed by atoms with E-state index in [4.69, 9.17) is 9.84 Å². The maximum atomic E-state index is 10.1. The maximum Gasteiger partial charge on any atom is 0.100 e. The largest absolute Gasteiger partial charge is 0.394 e. The molecule has 0 fully saturated rings. The van der Waals surface area contributed by atoms with Gasteiger partial charge in [-0.2, -0.15) is 0 Å². The number of unbranched alkanes of at least 4 members (excludes halogenated alkanes) is 21. The predicted octanol–water partition coefficient (Wildman–Crippen LogP) is 8.49. The molecule has 0 spiro atoms. The average molecular weight is 501 g/mol. The minimum Gasteiger partial charge on any atom is -0.394 e. The first-order valence-electron chi connectivity index (χ1n) is 15.8. The monoisotopic (exact) mass is 500 g/mol. The van der Waals surface area contributed by atoms with Crippen molar-refractivity contribution in [1.29, 1.82) is 0 Å². The van der Waals surface area contributed by atoms with Crippen LogP contribution < -0.4 is 0 Å². The van der Waals surface area contributed by atoms with Crippen LogP contribution in [-0.2, 0) is 4.74 Å². The van der Waals surface area contributed by atoms with Crippen LogP contribution in [0.2, 0.25) is 0 Å². The quantitative estimate of drug-likeness (QED) is 0.0865. The van der Waals surface area contributed by atoms with E-state index in [1.165, 1.54) is 122 Å². The van der Waals surface area contributed by atoms with Crippen LogP contribution in [0.5, 0.6) is 0 Å². The highest BCUT2D eigenvalue weighted by molar-refractivity contribution is 4.58. The molecule has 2 unspecified atom stereocenters. The van der Waals surface area contributed by atoms with Crippen molar-refractivity contribution in [2.75, 3.05) is 19.8 Å². The van der Waals surface area contributed by atoms with E-state index in [-0.39, 0.29) is 19.3 Å². The minimum absolute atomic E-state index is 0.150. The second-order valence-electron chi connectivity index (χ2n) is 10.9. The molecule has 3 N–H and O–H groups in total. The molecular formula is C31H64O4. The molecule has 0 aliphatic rings. The van der Waals surface area contributed by atoms with Gasteiger partial charge >= 0.3 is 0 Å². The van der Waals surface area contributed by atoms with Crippen LogP contribution in [0.15, 0.2) is 0 Å². The van der Waals surface area contributed by atoms with Crippen molar-refractivity contribution < 1.29 is 20.1 Å². The molecule has 4 heteroatoms. The molecule has 0 aliphatic carbocycles. The summed E-state index contributed by atoms with van der Waals surface area (Å²) in [5.41, 5.74) is 0. The third kappa shape index (κ3) is 30.0. The number of rotatable bonds is 30. The van der Waals surface area contributed by atoms with Gasteiger partial charge in [0.15, 0.2) is 0 Å². The third-order valence-electron chi connectivity index (χ3n) is 7.24. The van der Waals surface area contributed by atoms with Crippen LogP contribution in [0.1, 0.15) is 167 Å². The molecule has 35 heavy (non-hydrogen) atoms. The molecule has 4 nitrogen and oxygen atoms in total. The summed E-state index contributed by atoms with van der Waals surface area (Å²) in [5.74, 6) is 0. The summed E-state index contributed by atoms with van der Waals surface area (Å²) in [4.78, 5) is 0. The van der Waals surface area contributed by atoms with E-state index in [0.29, 0.717) is 6.61 Å². The molecule has 0 amide bonds. The van der Waals surface area contributed by atoms with Gasteiger partial charge in [0.05, 0.1) is 19.3 Å². The van der Waals surface area contributed by atoms with Crippen molar-refractivity contribution in [2.24, 2.45) is 0 Å². The van der Waals surface area contributed by atoms with Crippen LogP contribution in [0, 0.1) is 0 Å². The molecule has 0 saturated carbocycles. The number of aliphatic hydroxyl groups excluding tert-OH is 3. The van der Waals surface area contributed by atoms with E-state index in [9.17, 15) is 10.2 Å². The van der Waals surface area contributed by atoms with Gasteiger partial charge in [-0.05, 0) is 19.3 Å². The van der Waals surface area contributed by atoms with Gasteiger partial charge in [-0.3, -0.25) is 0 Å². The van der Waals surface area contributed by atoms with Crippen molar-refractivity contribution in [3.63, 3.8) is 0 Å². The fourth-order valence-corrected chi connectivity index (χ4v) is 4.81. The first kappa shape index (κ1) is 34.8. The Morgan fingerprint density at radius 3 is 1.17 bits per heavy atom. The van der Waals surface area contributed by atoms with Crippen molar-refractivity contribution in [2.45, 2.75) is 180 Å². The zero-order valence-electron chi connectivity index (χ0n) is 23.7. The number of hydrogen-bond acceptors (Lipinski definition) is 4. The molecule has 0 aromatic heterocycles. The average Bonchev–Trinajstić information content (AvgIpc) is 2.86. The topological polar surface area (TPSA) is 69.9 Å². The lowest BCUT2D eigenvalue weighted by atomic mass is 10.0. The first-order chi connectivity index (χ1) is 17.2. The maximum absolute atomic E-state index is 10.1. The summed E-state index contributed by atoms with van der Waals surface area (Å²) in [6.45, 7) is 2.87. The third-order valence-corrected chi connectivity index (χ3v) is 7.24. The Kier molecular flexibility index (Phi) is 29.9. The van der Waals surface area contributed by atoms with Crippen LogP contribution in [0.25, 0.3) is 0 Å². The molecule has 0 bridgehead atoms. The van der Waals surface area contributed by atoms with E-state index >= 15 is 0 Å². The summed E-state index contributed by atoms with van der Waals surface area (Å²) in [7, 11) is 0. The van der Waals surface area contributed by atoms with Gasteiger partial charge in [0.1, 0.15) is 6.10 Å². The molecule has 0 aromatic rings. The Balaban J connectivity index is 3.13. The molecule has 2 atom stereocenters. The van der Waals surface area contributed by atoms with Gasteiger partial charge in [0.2, 0.25) is 0 Å². The smallest absolute Gasteiger partial charge is 0.100 e. The molecule has 0 saturated heterocycles. The SMILES string of the molecule is CCCCCCCCCCCCCCCCCCCCCCC(O)CCCCCOCC(O)CO. The van der Waals surface area contributed by atoms with E-state index in [2.05, 4.69) is 6.92 Å². The normalized spacial score (nSPS) is 13.4. The van der Waals surface area contributed by atoms with Crippen LogP contribution >= 0.6 is 0 Å². The van der Waals surface area contributed by atoms with Gasteiger partial charge in [-0.25, -0.2) is 0 Å². The summed E-state index contributed by atoms with van der Waals surface area (Å²) in [6, 6.07) is 0. The lowest BCUT2D eigenvalue weighted by Gasteiger charge is -2.11. The zero-order valence-corrected chi connectivity index (χ0v) is 23.7. The zero-order chi connectivity index (χ0) is 25.7. The summed E-state index contributed by atoms with van der Waals surface area (Å²) >= 11 is 0. The highest BCUT2D eigenvalue weighted by atomic mass is 16.5. The lowest BCUT2D eigenvalue weighted by molar-refractivity contribution is 0.00510. The second-order valence-corrected chi connectivity index (χ2v) is 10.9. The van der Waals surface area contributed by atoms with Crippen molar-refractivity contribution in [3.8, 4) is 0 Å². The van der Waals surface area contributed by atoms with Crippen molar-refractivity contribution in [3.05, 3.63) is 0 Å². The Morgan fingerprint density at radius 1 is 0.457 bits per heavy atom. The minimum atomic E-state index is -0.763. The fourth-order valence-electron chi connectivity index (χ4n) is 4.81. The van der Waals surface area contributed by atoms with Crippen LogP contribution in [0.4, 0.5) is 0 Å². The summed E-state index contributed by atoms with van der Waals surface area (Å²) < 4.78 is 5.30. The van der Waals surface area contributed by atoms with E-state index in [1.807, 2.05) is 0 Å². The molecule has 0 aliphatic heterocycles. The second kappa shape index (κ2) is 30.1. The van der Waals surface area contributed by atoms with Gasteiger partial charge in [0.25, 0.3) is 0 Å². The fraction of sp³-hybridized carbons (Fsp3) is 1.00. The molecule has 0 aromatic carbocycles. The molecule has 0 rings (SSSR count). The first-order valence-corrected chi connectivity index (χ1v) is 15.8. The lowest BCUT2D eigenvalue weighted by Crippen LogP contribution is -2.19. The summed E-state index contributed by atoms with van der Waals surface area (Å²) in [6.07, 6.45) is 32.0. The number of aliphatic hydroxyl groups is 3.